The van der Waals surface area contributed by atoms with Gasteiger partial charge in [-0.25, -0.2) is 0 Å². The number of methoxy groups -OCH3 is 2. The number of benzene rings is 2. The van der Waals surface area contributed by atoms with Crippen LogP contribution in [0.15, 0.2) is 36.4 Å². The molecule has 0 bridgehead atoms. The number of rotatable bonds is 10. The molecule has 2 aromatic rings. The van der Waals surface area contributed by atoms with E-state index in [0.29, 0.717) is 39.9 Å². The average molecular weight is 496 g/mol. The third-order valence-electron chi connectivity index (χ3n) is 5.82. The number of nitrogens with one attached hydrogen (secondary N) is 2. The predicted molar refractivity (Wildman–Crippen MR) is 131 cm³/mol. The fourth-order valence-corrected chi connectivity index (χ4v) is 4.21. The van der Waals surface area contributed by atoms with E-state index in [1.54, 1.807) is 37.4 Å². The van der Waals surface area contributed by atoms with Crippen molar-refractivity contribution in [1.29, 1.82) is 0 Å². The lowest BCUT2D eigenvalue weighted by molar-refractivity contribution is 0.0767. The third kappa shape index (κ3) is 7.22. The average Bonchev–Trinajstić information content (AvgIpc) is 2.84. The van der Waals surface area contributed by atoms with Crippen LogP contribution in [-0.2, 0) is 6.42 Å². The maximum absolute atomic E-state index is 13.1. The SMILES string of the molecule is COc1ccc(C(=O)NC(Cc2ccc(Cl)c(Cl)c2)C(O)CCN2CCNCC2)c(OC)c1. The van der Waals surface area contributed by atoms with Crippen molar-refractivity contribution in [2.45, 2.75) is 25.0 Å². The molecule has 0 radical (unpaired) electrons. The Morgan fingerprint density at radius 1 is 1.12 bits per heavy atom. The summed E-state index contributed by atoms with van der Waals surface area (Å²) in [5, 5.41) is 18.3. The quantitative estimate of drug-likeness (QED) is 0.469. The second-order valence-corrected chi connectivity index (χ2v) is 8.86. The standard InChI is InChI=1S/C24H31Cl2N3O4/c1-32-17-4-5-18(23(15-17)33-2)24(31)28-21(14-16-3-6-19(25)20(26)13-16)22(30)7-10-29-11-8-27-9-12-29/h3-6,13,15,21-22,27,30H,7-12,14H2,1-2H3,(H,28,31). The van der Waals surface area contributed by atoms with Crippen LogP contribution in [0.5, 0.6) is 11.5 Å². The molecule has 0 spiro atoms. The fourth-order valence-electron chi connectivity index (χ4n) is 3.89. The highest BCUT2D eigenvalue weighted by atomic mass is 35.5. The fraction of sp³-hybridized carbons (Fsp3) is 0.458. The lowest BCUT2D eigenvalue weighted by Crippen LogP contribution is -2.48. The van der Waals surface area contributed by atoms with E-state index in [9.17, 15) is 9.90 Å². The van der Waals surface area contributed by atoms with E-state index in [2.05, 4.69) is 15.5 Å². The Kier molecular flexibility index (Phi) is 9.64. The molecule has 3 rings (SSSR count). The zero-order valence-electron chi connectivity index (χ0n) is 18.9. The number of ether oxygens (including phenoxy) is 2. The highest BCUT2D eigenvalue weighted by molar-refractivity contribution is 6.42. The zero-order chi connectivity index (χ0) is 23.8. The Balaban J connectivity index is 1.76. The molecule has 7 nitrogen and oxygen atoms in total. The third-order valence-corrected chi connectivity index (χ3v) is 6.56. The van der Waals surface area contributed by atoms with Crippen LogP contribution in [-0.4, -0.2) is 75.0 Å². The molecule has 3 N–H and O–H groups in total. The maximum atomic E-state index is 13.1. The van der Waals surface area contributed by atoms with Gasteiger partial charge in [-0.2, -0.15) is 0 Å². The number of aliphatic hydroxyl groups is 1. The monoisotopic (exact) mass is 495 g/mol. The molecule has 0 aromatic heterocycles. The van der Waals surface area contributed by atoms with Gasteiger partial charge in [0.15, 0.2) is 0 Å². The number of carbonyl (C=O) groups is 1. The number of carbonyl (C=O) groups excluding carboxylic acids is 1. The van der Waals surface area contributed by atoms with E-state index in [1.165, 1.54) is 7.11 Å². The van der Waals surface area contributed by atoms with E-state index >= 15 is 0 Å². The van der Waals surface area contributed by atoms with Crippen molar-refractivity contribution >= 4 is 29.1 Å². The van der Waals surface area contributed by atoms with Gasteiger partial charge in [-0.1, -0.05) is 29.3 Å². The molecule has 2 atom stereocenters. The van der Waals surface area contributed by atoms with Gasteiger partial charge in [-0.15, -0.1) is 0 Å². The van der Waals surface area contributed by atoms with Gasteiger partial charge in [0.25, 0.3) is 5.91 Å². The van der Waals surface area contributed by atoms with Gasteiger partial charge in [0.05, 0.1) is 42.0 Å². The van der Waals surface area contributed by atoms with Gasteiger partial charge >= 0.3 is 0 Å². The minimum atomic E-state index is -0.748. The minimum absolute atomic E-state index is 0.333. The van der Waals surface area contributed by atoms with Crippen LogP contribution in [0, 0.1) is 0 Å². The molecule has 1 amide bonds. The van der Waals surface area contributed by atoms with Gasteiger partial charge in [0.1, 0.15) is 11.5 Å². The zero-order valence-corrected chi connectivity index (χ0v) is 20.5. The first-order chi connectivity index (χ1) is 15.9. The van der Waals surface area contributed by atoms with Crippen LogP contribution in [0.1, 0.15) is 22.3 Å². The molecule has 2 unspecified atom stereocenters. The summed E-state index contributed by atoms with van der Waals surface area (Å²) in [6.45, 7) is 4.52. The van der Waals surface area contributed by atoms with Crippen LogP contribution in [0.2, 0.25) is 10.0 Å². The van der Waals surface area contributed by atoms with Crippen LogP contribution < -0.4 is 20.1 Å². The van der Waals surface area contributed by atoms with E-state index in [-0.39, 0.29) is 5.91 Å². The lowest BCUT2D eigenvalue weighted by atomic mass is 9.98. The first-order valence-corrected chi connectivity index (χ1v) is 11.7. The van der Waals surface area contributed by atoms with Gasteiger partial charge in [-0.3, -0.25) is 4.79 Å². The molecule has 1 aliphatic heterocycles. The molecule has 33 heavy (non-hydrogen) atoms. The molecule has 1 fully saturated rings. The number of hydrogen-bond donors (Lipinski definition) is 3. The van der Waals surface area contributed by atoms with Crippen LogP contribution in [0.25, 0.3) is 0 Å². The molecule has 0 saturated carbocycles. The molecule has 0 aliphatic carbocycles. The Labute approximate surface area is 205 Å². The summed E-state index contributed by atoms with van der Waals surface area (Å²) < 4.78 is 10.6. The minimum Gasteiger partial charge on any atom is -0.497 e. The van der Waals surface area contributed by atoms with E-state index in [4.69, 9.17) is 32.7 Å². The summed E-state index contributed by atoms with van der Waals surface area (Å²) in [5.74, 6) is 0.656. The second-order valence-electron chi connectivity index (χ2n) is 8.05. The summed E-state index contributed by atoms with van der Waals surface area (Å²) in [6, 6.07) is 9.82. The molecular formula is C24H31Cl2N3O4. The lowest BCUT2D eigenvalue weighted by Gasteiger charge is -2.30. The predicted octanol–water partition coefficient (Wildman–Crippen LogP) is 3.01. The number of hydrogen-bond acceptors (Lipinski definition) is 6. The van der Waals surface area contributed by atoms with Gasteiger partial charge in [0.2, 0.25) is 0 Å². The van der Waals surface area contributed by atoms with Crippen molar-refractivity contribution in [3.8, 4) is 11.5 Å². The molecule has 9 heteroatoms. The Bertz CT molecular complexity index is 938. The van der Waals surface area contributed by atoms with Crippen molar-refractivity contribution in [2.75, 3.05) is 46.9 Å². The summed E-state index contributed by atoms with van der Waals surface area (Å²) in [4.78, 5) is 15.5. The highest BCUT2D eigenvalue weighted by Gasteiger charge is 2.25. The van der Waals surface area contributed by atoms with Gasteiger partial charge < -0.3 is 30.1 Å². The van der Waals surface area contributed by atoms with E-state index in [0.717, 1.165) is 38.3 Å². The topological polar surface area (TPSA) is 83.1 Å². The Hall–Kier alpha value is -2.03. The molecule has 2 aromatic carbocycles. The smallest absolute Gasteiger partial charge is 0.255 e. The first-order valence-electron chi connectivity index (χ1n) is 11.0. The number of halogens is 2. The Morgan fingerprint density at radius 3 is 2.55 bits per heavy atom. The largest absolute Gasteiger partial charge is 0.497 e. The van der Waals surface area contributed by atoms with Crippen molar-refractivity contribution in [3.05, 3.63) is 57.6 Å². The van der Waals surface area contributed by atoms with Crippen molar-refractivity contribution in [1.82, 2.24) is 15.5 Å². The normalized spacial score (nSPS) is 16.2. The molecule has 1 heterocycles. The number of amides is 1. The molecule has 180 valence electrons. The summed E-state index contributed by atoms with van der Waals surface area (Å²) in [7, 11) is 3.05. The van der Waals surface area contributed by atoms with E-state index in [1.807, 2.05) is 6.07 Å². The summed E-state index contributed by atoms with van der Waals surface area (Å²) >= 11 is 12.2. The first kappa shape index (κ1) is 25.6. The maximum Gasteiger partial charge on any atom is 0.255 e. The number of aliphatic hydroxyl groups excluding tert-OH is 1. The van der Waals surface area contributed by atoms with Crippen LogP contribution in [0.4, 0.5) is 0 Å². The summed E-state index contributed by atoms with van der Waals surface area (Å²) in [5.41, 5.74) is 1.24. The van der Waals surface area contributed by atoms with Gasteiger partial charge in [0, 0.05) is 38.8 Å². The Morgan fingerprint density at radius 2 is 1.88 bits per heavy atom. The van der Waals surface area contributed by atoms with Crippen molar-refractivity contribution < 1.29 is 19.4 Å². The van der Waals surface area contributed by atoms with Crippen molar-refractivity contribution in [3.63, 3.8) is 0 Å². The number of nitrogens with zero attached hydrogens (tertiary/aromatic N) is 1. The van der Waals surface area contributed by atoms with Crippen LogP contribution in [0.3, 0.4) is 0 Å². The molecule has 1 saturated heterocycles. The van der Waals surface area contributed by atoms with Crippen molar-refractivity contribution in [2.24, 2.45) is 0 Å². The van der Waals surface area contributed by atoms with Crippen LogP contribution >= 0.6 is 23.2 Å². The van der Waals surface area contributed by atoms with Gasteiger partial charge in [-0.05, 0) is 42.7 Å². The molecule has 1 aliphatic rings. The highest BCUT2D eigenvalue weighted by Crippen LogP contribution is 2.26. The summed E-state index contributed by atoms with van der Waals surface area (Å²) in [6.07, 6.45) is 0.193. The van der Waals surface area contributed by atoms with E-state index < -0.39 is 12.1 Å². The number of piperazine rings is 1. The second kappa shape index (κ2) is 12.4. The molecular weight excluding hydrogens is 465 g/mol.